The van der Waals surface area contributed by atoms with Gasteiger partial charge in [-0.2, -0.15) is 13.2 Å². The average Bonchev–Trinajstić information content (AvgIpc) is 3.36. The highest BCUT2D eigenvalue weighted by molar-refractivity contribution is 5.96. The summed E-state index contributed by atoms with van der Waals surface area (Å²) in [5.41, 5.74) is 0.549. The van der Waals surface area contributed by atoms with E-state index in [9.17, 15) is 27.6 Å². The van der Waals surface area contributed by atoms with Crippen molar-refractivity contribution in [3.8, 4) is 0 Å². The largest absolute Gasteiger partial charge is 0.445 e. The molecule has 2 N–H and O–H groups in total. The fraction of sp³-hybridized carbons (Fsp3) is 0.276. The third-order valence-corrected chi connectivity index (χ3v) is 6.24. The van der Waals surface area contributed by atoms with E-state index >= 15 is 0 Å². The molecule has 0 aliphatic carbocycles. The summed E-state index contributed by atoms with van der Waals surface area (Å²) in [4.78, 5) is 39.2. The van der Waals surface area contributed by atoms with Gasteiger partial charge in [0.2, 0.25) is 5.91 Å². The standard InChI is InChI=1S/C29H28F3N3O5/c30-29(31,32)23-13-7-12-22(14-23)27(37)33-15-26(36)34-24-16-35(28(38)40-19-21-10-5-2-6-11-21)17-25(24)39-18-20-8-3-1-4-9-20/h1-14,24-25H,15-19H2,(H,33,37)(H,34,36)/t24-,25-/m1/s1. The van der Waals surface area contributed by atoms with Crippen molar-refractivity contribution in [2.24, 2.45) is 0 Å². The summed E-state index contributed by atoms with van der Waals surface area (Å²) in [6, 6.07) is 21.9. The number of carbonyl (C=O) groups is 3. The SMILES string of the molecule is O=C(CNC(=O)c1cccc(C(F)(F)F)c1)N[C@@H]1CN(C(=O)OCc2ccccc2)C[C@H]1OCc1ccccc1. The van der Waals surface area contributed by atoms with Gasteiger partial charge >= 0.3 is 12.3 Å². The average molecular weight is 556 g/mol. The highest BCUT2D eigenvalue weighted by atomic mass is 19.4. The Morgan fingerprint density at radius 1 is 0.850 bits per heavy atom. The monoisotopic (exact) mass is 555 g/mol. The smallest absolute Gasteiger partial charge is 0.416 e. The summed E-state index contributed by atoms with van der Waals surface area (Å²) >= 11 is 0. The number of rotatable bonds is 9. The van der Waals surface area contributed by atoms with Crippen LogP contribution in [0.25, 0.3) is 0 Å². The minimum atomic E-state index is -4.60. The van der Waals surface area contributed by atoms with Crippen LogP contribution in [-0.4, -0.2) is 54.6 Å². The van der Waals surface area contributed by atoms with E-state index in [0.717, 1.165) is 29.3 Å². The molecular weight excluding hydrogens is 527 g/mol. The Bertz CT molecular complexity index is 1310. The third-order valence-electron chi connectivity index (χ3n) is 6.24. The predicted octanol–water partition coefficient (Wildman–Crippen LogP) is 4.16. The van der Waals surface area contributed by atoms with Gasteiger partial charge in [-0.15, -0.1) is 0 Å². The van der Waals surface area contributed by atoms with Gasteiger partial charge in [0.05, 0.1) is 37.4 Å². The first-order chi connectivity index (χ1) is 19.2. The van der Waals surface area contributed by atoms with Crippen molar-refractivity contribution in [1.29, 1.82) is 0 Å². The number of alkyl halides is 3. The summed E-state index contributed by atoms with van der Waals surface area (Å²) in [6.45, 7) is 0.138. The lowest BCUT2D eigenvalue weighted by atomic mass is 10.1. The van der Waals surface area contributed by atoms with Crippen LogP contribution in [-0.2, 0) is 33.7 Å². The molecule has 1 aliphatic heterocycles. The maximum absolute atomic E-state index is 13.0. The quantitative estimate of drug-likeness (QED) is 0.414. The molecule has 2 atom stereocenters. The molecular formula is C29H28F3N3O5. The van der Waals surface area contributed by atoms with Crippen molar-refractivity contribution < 1.29 is 37.0 Å². The van der Waals surface area contributed by atoms with E-state index in [4.69, 9.17) is 9.47 Å². The molecule has 3 aromatic carbocycles. The second kappa shape index (κ2) is 13.1. The number of ether oxygens (including phenoxy) is 2. The van der Waals surface area contributed by atoms with Crippen molar-refractivity contribution in [1.82, 2.24) is 15.5 Å². The number of likely N-dealkylation sites (tertiary alicyclic amines) is 1. The summed E-state index contributed by atoms with van der Waals surface area (Å²) < 4.78 is 50.3. The minimum Gasteiger partial charge on any atom is -0.445 e. The zero-order valence-electron chi connectivity index (χ0n) is 21.4. The van der Waals surface area contributed by atoms with Gasteiger partial charge in [-0.05, 0) is 29.3 Å². The van der Waals surface area contributed by atoms with E-state index in [1.807, 2.05) is 60.7 Å². The number of amides is 3. The van der Waals surface area contributed by atoms with E-state index in [2.05, 4.69) is 10.6 Å². The van der Waals surface area contributed by atoms with E-state index in [-0.39, 0.29) is 31.9 Å². The second-order valence-electron chi connectivity index (χ2n) is 9.22. The summed E-state index contributed by atoms with van der Waals surface area (Å²) in [5.74, 6) is -1.41. The Kier molecular flexibility index (Phi) is 9.39. The Balaban J connectivity index is 1.34. The Morgan fingerprint density at radius 3 is 2.15 bits per heavy atom. The first-order valence-corrected chi connectivity index (χ1v) is 12.5. The molecule has 4 rings (SSSR count). The number of nitrogens with zero attached hydrogens (tertiary/aromatic N) is 1. The number of carbonyl (C=O) groups excluding carboxylic acids is 3. The zero-order valence-corrected chi connectivity index (χ0v) is 21.4. The molecule has 0 saturated carbocycles. The molecule has 0 bridgehead atoms. The van der Waals surface area contributed by atoms with Gasteiger partial charge in [0.15, 0.2) is 0 Å². The lowest BCUT2D eigenvalue weighted by Gasteiger charge is -2.20. The molecule has 0 aromatic heterocycles. The Labute approximate surface area is 229 Å². The molecule has 3 aromatic rings. The molecule has 1 fully saturated rings. The van der Waals surface area contributed by atoms with Crippen LogP contribution in [0, 0.1) is 0 Å². The molecule has 1 saturated heterocycles. The molecule has 210 valence electrons. The fourth-order valence-electron chi connectivity index (χ4n) is 4.18. The fourth-order valence-corrected chi connectivity index (χ4v) is 4.18. The van der Waals surface area contributed by atoms with Crippen molar-refractivity contribution in [2.75, 3.05) is 19.6 Å². The highest BCUT2D eigenvalue weighted by Gasteiger charge is 2.38. The molecule has 1 aliphatic rings. The normalized spacial score (nSPS) is 16.8. The van der Waals surface area contributed by atoms with Crippen LogP contribution in [0.4, 0.5) is 18.0 Å². The van der Waals surface area contributed by atoms with Crippen LogP contribution >= 0.6 is 0 Å². The van der Waals surface area contributed by atoms with Crippen molar-refractivity contribution in [3.63, 3.8) is 0 Å². The van der Waals surface area contributed by atoms with Crippen LogP contribution in [0.2, 0.25) is 0 Å². The van der Waals surface area contributed by atoms with Crippen molar-refractivity contribution in [2.45, 2.75) is 31.5 Å². The predicted molar refractivity (Wildman–Crippen MR) is 139 cm³/mol. The number of benzene rings is 3. The lowest BCUT2D eigenvalue weighted by Crippen LogP contribution is -2.47. The molecule has 8 nitrogen and oxygen atoms in total. The third kappa shape index (κ3) is 8.06. The summed E-state index contributed by atoms with van der Waals surface area (Å²) in [5, 5.41) is 5.09. The van der Waals surface area contributed by atoms with Gasteiger partial charge in [-0.25, -0.2) is 4.79 Å². The number of hydrogen-bond donors (Lipinski definition) is 2. The Morgan fingerprint density at radius 2 is 1.50 bits per heavy atom. The van der Waals surface area contributed by atoms with Gasteiger partial charge in [-0.1, -0.05) is 66.7 Å². The van der Waals surface area contributed by atoms with E-state index < -0.39 is 48.3 Å². The van der Waals surface area contributed by atoms with Crippen LogP contribution < -0.4 is 10.6 Å². The van der Waals surface area contributed by atoms with E-state index in [0.29, 0.717) is 0 Å². The maximum Gasteiger partial charge on any atom is 0.416 e. The molecule has 40 heavy (non-hydrogen) atoms. The minimum absolute atomic E-state index is 0.0876. The van der Waals surface area contributed by atoms with Gasteiger partial charge in [0, 0.05) is 12.1 Å². The molecule has 1 heterocycles. The topological polar surface area (TPSA) is 97.0 Å². The van der Waals surface area contributed by atoms with Gasteiger partial charge < -0.3 is 25.0 Å². The summed E-state index contributed by atoms with van der Waals surface area (Å²) in [7, 11) is 0. The molecule has 3 amide bonds. The van der Waals surface area contributed by atoms with Gasteiger partial charge in [0.25, 0.3) is 5.91 Å². The molecule has 11 heteroatoms. The number of nitrogens with one attached hydrogen (secondary N) is 2. The van der Waals surface area contributed by atoms with E-state index in [1.54, 1.807) is 0 Å². The van der Waals surface area contributed by atoms with Gasteiger partial charge in [-0.3, -0.25) is 9.59 Å². The Hall–Kier alpha value is -4.38. The number of halogens is 3. The second-order valence-corrected chi connectivity index (χ2v) is 9.22. The van der Waals surface area contributed by atoms with Crippen LogP contribution in [0.3, 0.4) is 0 Å². The maximum atomic E-state index is 13.0. The van der Waals surface area contributed by atoms with Crippen LogP contribution in [0.5, 0.6) is 0 Å². The van der Waals surface area contributed by atoms with Crippen molar-refractivity contribution in [3.05, 3.63) is 107 Å². The van der Waals surface area contributed by atoms with Gasteiger partial charge in [0.1, 0.15) is 6.61 Å². The van der Waals surface area contributed by atoms with Crippen LogP contribution in [0.15, 0.2) is 84.9 Å². The molecule has 0 radical (unpaired) electrons. The first kappa shape index (κ1) is 28.6. The number of hydrogen-bond acceptors (Lipinski definition) is 5. The summed E-state index contributed by atoms with van der Waals surface area (Å²) in [6.07, 6.45) is -5.72. The van der Waals surface area contributed by atoms with E-state index in [1.165, 1.54) is 11.0 Å². The molecule has 0 unspecified atom stereocenters. The molecule has 0 spiro atoms. The first-order valence-electron chi connectivity index (χ1n) is 12.5. The lowest BCUT2D eigenvalue weighted by molar-refractivity contribution is -0.137. The zero-order chi connectivity index (χ0) is 28.5. The highest BCUT2D eigenvalue weighted by Crippen LogP contribution is 2.29. The van der Waals surface area contributed by atoms with Crippen molar-refractivity contribution >= 4 is 17.9 Å². The van der Waals surface area contributed by atoms with Crippen LogP contribution in [0.1, 0.15) is 27.0 Å².